The van der Waals surface area contributed by atoms with Crippen LogP contribution in [0.4, 0.5) is 0 Å². The lowest BCUT2D eigenvalue weighted by atomic mass is 10.0. The van der Waals surface area contributed by atoms with E-state index in [1.165, 1.54) is 11.1 Å². The van der Waals surface area contributed by atoms with Gasteiger partial charge in [-0.3, -0.25) is 4.79 Å². The molecule has 0 bridgehead atoms. The third-order valence-electron chi connectivity index (χ3n) is 5.21. The first-order valence-electron chi connectivity index (χ1n) is 8.59. The Hall–Kier alpha value is -3.00. The molecule has 7 nitrogen and oxygen atoms in total. The van der Waals surface area contributed by atoms with Crippen molar-refractivity contribution in [3.8, 4) is 0 Å². The molecular formula is C19H16N4O3S. The Balaban J connectivity index is 1.45. The number of nitrogens with one attached hydrogen (secondary N) is 1. The Morgan fingerprint density at radius 2 is 1.96 bits per heavy atom. The van der Waals surface area contributed by atoms with Crippen LogP contribution in [0.3, 0.4) is 0 Å². The molecular weight excluding hydrogens is 364 g/mol. The summed E-state index contributed by atoms with van der Waals surface area (Å²) in [6.07, 6.45) is 3.56. The van der Waals surface area contributed by atoms with Gasteiger partial charge in [0, 0.05) is 18.2 Å². The highest BCUT2D eigenvalue weighted by molar-refractivity contribution is 7.90. The molecule has 1 amide bonds. The molecule has 2 aromatic rings. The van der Waals surface area contributed by atoms with Gasteiger partial charge < -0.3 is 5.32 Å². The Labute approximate surface area is 156 Å². The van der Waals surface area contributed by atoms with E-state index in [2.05, 4.69) is 14.8 Å². The normalized spacial score (nSPS) is 20.3. The topological polar surface area (TPSA) is 91.2 Å². The summed E-state index contributed by atoms with van der Waals surface area (Å²) < 4.78 is 28.2. The maximum absolute atomic E-state index is 12.2. The Morgan fingerprint density at radius 3 is 2.74 bits per heavy atom. The maximum Gasteiger partial charge on any atom is 0.285 e. The van der Waals surface area contributed by atoms with Crippen molar-refractivity contribution in [2.24, 2.45) is 9.50 Å². The van der Waals surface area contributed by atoms with E-state index < -0.39 is 10.0 Å². The van der Waals surface area contributed by atoms with Gasteiger partial charge in [-0.05, 0) is 48.2 Å². The van der Waals surface area contributed by atoms with Gasteiger partial charge in [-0.25, -0.2) is 5.01 Å². The molecule has 3 aliphatic rings. The zero-order valence-electron chi connectivity index (χ0n) is 14.5. The fraction of sp³-hybridized carbons (Fsp3) is 0.211. The van der Waals surface area contributed by atoms with E-state index in [1.807, 2.05) is 18.2 Å². The number of fused-ring (bicyclic) bond motifs is 3. The highest BCUT2D eigenvalue weighted by atomic mass is 32.2. The van der Waals surface area contributed by atoms with Gasteiger partial charge >= 0.3 is 0 Å². The quantitative estimate of drug-likeness (QED) is 0.636. The van der Waals surface area contributed by atoms with Crippen LogP contribution < -0.4 is 5.32 Å². The predicted molar refractivity (Wildman–Crippen MR) is 100 cm³/mol. The number of amidine groups is 1. The standard InChI is InChI=1S/C19H16N4O3S/c1-23(17-14-4-2-3-5-16(14)27(25,26)22-17)20-11-12-6-7-13-15(10-12)19(8-9-19)21-18(13)24/h2-7,10-11H,8-9H2,1H3,(H,21,24)/b20-11+. The van der Waals surface area contributed by atoms with Crippen LogP contribution >= 0.6 is 0 Å². The number of amides is 1. The number of nitrogens with zero attached hydrogens (tertiary/aromatic N) is 3. The Morgan fingerprint density at radius 1 is 1.19 bits per heavy atom. The van der Waals surface area contributed by atoms with Crippen molar-refractivity contribution in [3.05, 3.63) is 64.7 Å². The van der Waals surface area contributed by atoms with Crippen molar-refractivity contribution >= 4 is 28.0 Å². The van der Waals surface area contributed by atoms with E-state index in [0.29, 0.717) is 11.4 Å². The number of sulfonamides is 1. The number of hydrazone groups is 1. The molecule has 0 radical (unpaired) electrons. The van der Waals surface area contributed by atoms with Crippen LogP contribution in [0.2, 0.25) is 0 Å². The van der Waals surface area contributed by atoms with Crippen molar-refractivity contribution in [1.29, 1.82) is 0 Å². The van der Waals surface area contributed by atoms with Gasteiger partial charge in [0.1, 0.15) is 4.90 Å². The summed E-state index contributed by atoms with van der Waals surface area (Å²) >= 11 is 0. The van der Waals surface area contributed by atoms with E-state index in [-0.39, 0.29) is 16.3 Å². The summed E-state index contributed by atoms with van der Waals surface area (Å²) in [6.45, 7) is 0. The van der Waals surface area contributed by atoms with Gasteiger partial charge in [-0.1, -0.05) is 18.2 Å². The highest BCUT2D eigenvalue weighted by Crippen LogP contribution is 2.50. The molecule has 1 spiro atoms. The second-order valence-electron chi connectivity index (χ2n) is 7.00. The van der Waals surface area contributed by atoms with Gasteiger partial charge in [-0.15, -0.1) is 4.40 Å². The first kappa shape index (κ1) is 16.2. The zero-order valence-corrected chi connectivity index (χ0v) is 15.3. The second-order valence-corrected chi connectivity index (χ2v) is 8.57. The van der Waals surface area contributed by atoms with Crippen LogP contribution in [0.1, 0.15) is 39.9 Å². The van der Waals surface area contributed by atoms with E-state index >= 15 is 0 Å². The van der Waals surface area contributed by atoms with Gasteiger partial charge in [0.15, 0.2) is 5.84 Å². The molecule has 0 saturated heterocycles. The first-order valence-corrected chi connectivity index (χ1v) is 10.0. The van der Waals surface area contributed by atoms with Crippen LogP contribution in [-0.4, -0.2) is 38.4 Å². The van der Waals surface area contributed by atoms with Crippen LogP contribution in [0.5, 0.6) is 0 Å². The number of carbonyl (C=O) groups excluding carboxylic acids is 1. The molecule has 1 N–H and O–H groups in total. The van der Waals surface area contributed by atoms with Crippen LogP contribution in [0.15, 0.2) is 56.9 Å². The molecule has 5 rings (SSSR count). The molecule has 0 atom stereocenters. The summed E-state index contributed by atoms with van der Waals surface area (Å²) in [5.74, 6) is 0.267. The zero-order chi connectivity index (χ0) is 18.8. The fourth-order valence-electron chi connectivity index (χ4n) is 3.64. The molecule has 0 aromatic heterocycles. The van der Waals surface area contributed by atoms with Crippen molar-refractivity contribution in [2.75, 3.05) is 7.05 Å². The van der Waals surface area contributed by atoms with Crippen molar-refractivity contribution in [1.82, 2.24) is 10.3 Å². The molecule has 1 fully saturated rings. The predicted octanol–water partition coefficient (Wildman–Crippen LogP) is 1.83. The fourth-order valence-corrected chi connectivity index (χ4v) is 4.87. The average molecular weight is 380 g/mol. The summed E-state index contributed by atoms with van der Waals surface area (Å²) in [6, 6.07) is 12.3. The van der Waals surface area contributed by atoms with Crippen molar-refractivity contribution < 1.29 is 13.2 Å². The Kier molecular flexibility index (Phi) is 3.16. The molecule has 1 aliphatic carbocycles. The molecule has 8 heteroatoms. The minimum atomic E-state index is -3.68. The van der Waals surface area contributed by atoms with E-state index in [0.717, 1.165) is 29.5 Å². The molecule has 2 aromatic carbocycles. The molecule has 136 valence electrons. The van der Waals surface area contributed by atoms with Crippen molar-refractivity contribution in [3.63, 3.8) is 0 Å². The molecule has 2 aliphatic heterocycles. The Bertz CT molecular complexity index is 1160. The van der Waals surface area contributed by atoms with Crippen LogP contribution in [-0.2, 0) is 15.6 Å². The average Bonchev–Trinajstić information content (AvgIpc) is 3.31. The monoisotopic (exact) mass is 380 g/mol. The summed E-state index contributed by atoms with van der Waals surface area (Å²) in [4.78, 5) is 12.2. The molecule has 0 unspecified atom stereocenters. The lowest BCUT2D eigenvalue weighted by molar-refractivity contribution is 0.0952. The van der Waals surface area contributed by atoms with Crippen molar-refractivity contribution in [2.45, 2.75) is 23.3 Å². The van der Waals surface area contributed by atoms with Crippen LogP contribution in [0, 0.1) is 0 Å². The molecule has 27 heavy (non-hydrogen) atoms. The maximum atomic E-state index is 12.2. The number of carbonyl (C=O) groups is 1. The SMILES string of the molecule is CN(/N=C/c1ccc2c(c1)C1(CC1)NC2=O)C1=NS(=O)(=O)c2ccccc21. The molecule has 1 saturated carbocycles. The summed E-state index contributed by atoms with van der Waals surface area (Å²) in [7, 11) is -2.02. The van der Waals surface area contributed by atoms with E-state index in [1.54, 1.807) is 31.5 Å². The largest absolute Gasteiger partial charge is 0.342 e. The van der Waals surface area contributed by atoms with Gasteiger partial charge in [0.05, 0.1) is 11.8 Å². The molecule has 2 heterocycles. The third-order valence-corrected chi connectivity index (χ3v) is 6.53. The van der Waals surface area contributed by atoms with Gasteiger partial charge in [0.25, 0.3) is 15.9 Å². The number of hydrogen-bond acceptors (Lipinski definition) is 5. The number of hydrogen-bond donors (Lipinski definition) is 1. The van der Waals surface area contributed by atoms with Crippen LogP contribution in [0.25, 0.3) is 0 Å². The van der Waals surface area contributed by atoms with E-state index in [9.17, 15) is 13.2 Å². The first-order chi connectivity index (χ1) is 12.9. The summed E-state index contributed by atoms with van der Waals surface area (Å²) in [5, 5.41) is 8.86. The second kappa shape index (κ2) is 5.26. The minimum Gasteiger partial charge on any atom is -0.342 e. The van der Waals surface area contributed by atoms with Gasteiger partial charge in [0.2, 0.25) is 0 Å². The highest BCUT2D eigenvalue weighted by Gasteiger charge is 2.52. The minimum absolute atomic E-state index is 0.0229. The summed E-state index contributed by atoms with van der Waals surface area (Å²) in [5.41, 5.74) is 2.93. The number of benzene rings is 2. The smallest absolute Gasteiger partial charge is 0.285 e. The lowest BCUT2D eigenvalue weighted by Gasteiger charge is -2.12. The number of rotatable bonds is 2. The lowest BCUT2D eigenvalue weighted by Crippen LogP contribution is -2.25. The van der Waals surface area contributed by atoms with E-state index in [4.69, 9.17) is 0 Å². The third kappa shape index (κ3) is 2.40. The van der Waals surface area contributed by atoms with Gasteiger partial charge in [-0.2, -0.15) is 13.5 Å².